The Bertz CT molecular complexity index is 1240. The summed E-state index contributed by atoms with van der Waals surface area (Å²) >= 11 is 12.0. The molecule has 1 amide bonds. The van der Waals surface area contributed by atoms with Crippen LogP contribution in [0.2, 0.25) is 10.0 Å². The lowest BCUT2D eigenvalue weighted by molar-refractivity contribution is 0.0950. The van der Waals surface area contributed by atoms with E-state index in [0.29, 0.717) is 26.9 Å². The van der Waals surface area contributed by atoms with Gasteiger partial charge in [-0.1, -0.05) is 64.8 Å². The molecule has 0 bridgehead atoms. The Morgan fingerprint density at radius 3 is 2.67 bits per heavy atom. The number of nitrogen functional groups attached to an aromatic ring is 1. The standard InChI is InChI=1S/C18H12Cl2N8O2/c19-12-7-6-11(13(20)8-12)9-22-24-18(29)14-15(10-4-2-1-3-5-10)28(27-23-14)17-16(21)25-30-26-17/h1-9H,(H2,21,25)(H,24,29)/b22-9-. The van der Waals surface area contributed by atoms with Crippen LogP contribution in [0.1, 0.15) is 16.1 Å². The van der Waals surface area contributed by atoms with Gasteiger partial charge < -0.3 is 5.73 Å². The van der Waals surface area contributed by atoms with Gasteiger partial charge in [0.15, 0.2) is 5.69 Å². The van der Waals surface area contributed by atoms with Gasteiger partial charge in [-0.2, -0.15) is 9.78 Å². The first kappa shape index (κ1) is 19.6. The van der Waals surface area contributed by atoms with Gasteiger partial charge in [-0.05, 0) is 22.4 Å². The Balaban J connectivity index is 1.67. The summed E-state index contributed by atoms with van der Waals surface area (Å²) in [5.74, 6) is -0.493. The maximum Gasteiger partial charge on any atom is 0.294 e. The maximum absolute atomic E-state index is 12.8. The van der Waals surface area contributed by atoms with Crippen LogP contribution in [0.4, 0.5) is 5.82 Å². The van der Waals surface area contributed by atoms with E-state index in [-0.39, 0.29) is 17.3 Å². The average molecular weight is 443 g/mol. The van der Waals surface area contributed by atoms with Gasteiger partial charge >= 0.3 is 0 Å². The smallest absolute Gasteiger partial charge is 0.294 e. The number of amides is 1. The molecule has 0 radical (unpaired) electrons. The lowest BCUT2D eigenvalue weighted by Crippen LogP contribution is -2.19. The molecular weight excluding hydrogens is 431 g/mol. The van der Waals surface area contributed by atoms with Crippen LogP contribution in [0.15, 0.2) is 58.3 Å². The van der Waals surface area contributed by atoms with E-state index in [9.17, 15) is 4.79 Å². The van der Waals surface area contributed by atoms with Crippen LogP contribution >= 0.6 is 23.2 Å². The summed E-state index contributed by atoms with van der Waals surface area (Å²) in [6, 6.07) is 13.9. The van der Waals surface area contributed by atoms with Gasteiger partial charge in [0.05, 0.1) is 11.2 Å². The van der Waals surface area contributed by atoms with Gasteiger partial charge in [-0.3, -0.25) is 4.79 Å². The predicted molar refractivity (Wildman–Crippen MR) is 111 cm³/mol. The monoisotopic (exact) mass is 442 g/mol. The van der Waals surface area contributed by atoms with E-state index in [4.69, 9.17) is 28.9 Å². The molecule has 0 aliphatic heterocycles. The molecule has 2 heterocycles. The number of nitrogens with one attached hydrogen (secondary N) is 1. The van der Waals surface area contributed by atoms with Crippen molar-refractivity contribution in [2.75, 3.05) is 5.73 Å². The molecule has 4 aromatic rings. The number of anilines is 1. The van der Waals surface area contributed by atoms with Crippen molar-refractivity contribution < 1.29 is 9.42 Å². The number of carbonyl (C=O) groups excluding carboxylic acids is 1. The zero-order valence-electron chi connectivity index (χ0n) is 15.0. The zero-order chi connectivity index (χ0) is 21.1. The highest BCUT2D eigenvalue weighted by Crippen LogP contribution is 2.26. The molecule has 0 aliphatic carbocycles. The lowest BCUT2D eigenvalue weighted by atomic mass is 10.1. The minimum Gasteiger partial charge on any atom is -0.378 e. The molecule has 3 N–H and O–H groups in total. The molecule has 150 valence electrons. The predicted octanol–water partition coefficient (Wildman–Crippen LogP) is 2.97. The van der Waals surface area contributed by atoms with Crippen molar-refractivity contribution in [1.82, 2.24) is 30.7 Å². The van der Waals surface area contributed by atoms with Gasteiger partial charge in [-0.25, -0.2) is 10.1 Å². The summed E-state index contributed by atoms with van der Waals surface area (Å²) < 4.78 is 5.91. The molecule has 4 rings (SSSR count). The fraction of sp³-hybridized carbons (Fsp3) is 0. The number of hydrogen-bond donors (Lipinski definition) is 2. The van der Waals surface area contributed by atoms with E-state index in [1.54, 1.807) is 42.5 Å². The third kappa shape index (κ3) is 3.86. The van der Waals surface area contributed by atoms with Gasteiger partial charge in [0.1, 0.15) is 5.69 Å². The highest BCUT2D eigenvalue weighted by molar-refractivity contribution is 6.36. The lowest BCUT2D eigenvalue weighted by Gasteiger charge is -2.05. The molecule has 0 aliphatic rings. The third-order valence-corrected chi connectivity index (χ3v) is 4.52. The quantitative estimate of drug-likeness (QED) is 0.357. The first-order chi connectivity index (χ1) is 14.5. The van der Waals surface area contributed by atoms with E-state index in [2.05, 4.69) is 35.8 Å². The fourth-order valence-corrected chi connectivity index (χ4v) is 3.05. The molecule has 12 heteroatoms. The van der Waals surface area contributed by atoms with Gasteiger partial charge in [-0.15, -0.1) is 5.10 Å². The van der Waals surface area contributed by atoms with Crippen molar-refractivity contribution >= 4 is 41.1 Å². The number of carbonyl (C=O) groups is 1. The van der Waals surface area contributed by atoms with Gasteiger partial charge in [0.25, 0.3) is 5.91 Å². The number of hydrogen-bond acceptors (Lipinski definition) is 8. The summed E-state index contributed by atoms with van der Waals surface area (Å²) in [6.07, 6.45) is 1.39. The molecule has 30 heavy (non-hydrogen) atoms. The van der Waals surface area contributed by atoms with Crippen LogP contribution in [-0.2, 0) is 0 Å². The van der Waals surface area contributed by atoms with Crippen molar-refractivity contribution in [2.45, 2.75) is 0 Å². The van der Waals surface area contributed by atoms with Crippen LogP contribution in [0.5, 0.6) is 0 Å². The molecule has 10 nitrogen and oxygen atoms in total. The number of nitrogens with zero attached hydrogens (tertiary/aromatic N) is 6. The fourth-order valence-electron chi connectivity index (χ4n) is 2.60. The van der Waals surface area contributed by atoms with E-state index >= 15 is 0 Å². The van der Waals surface area contributed by atoms with E-state index in [1.807, 2.05) is 6.07 Å². The number of nitrogens with two attached hydrogens (primary N) is 1. The van der Waals surface area contributed by atoms with E-state index in [0.717, 1.165) is 0 Å². The van der Waals surface area contributed by atoms with Crippen molar-refractivity contribution in [3.8, 4) is 17.1 Å². The largest absolute Gasteiger partial charge is 0.378 e. The van der Waals surface area contributed by atoms with Crippen LogP contribution in [0.3, 0.4) is 0 Å². The van der Waals surface area contributed by atoms with Crippen LogP contribution in [0.25, 0.3) is 17.1 Å². The zero-order valence-corrected chi connectivity index (χ0v) is 16.5. The molecule has 0 fully saturated rings. The number of hydrazone groups is 1. The van der Waals surface area contributed by atoms with Crippen LogP contribution < -0.4 is 11.2 Å². The third-order valence-electron chi connectivity index (χ3n) is 3.96. The maximum atomic E-state index is 12.8. The molecular formula is C18H12Cl2N8O2. The Morgan fingerprint density at radius 1 is 1.17 bits per heavy atom. The molecule has 0 saturated carbocycles. The van der Waals surface area contributed by atoms with E-state index < -0.39 is 5.91 Å². The Morgan fingerprint density at radius 2 is 1.97 bits per heavy atom. The Hall–Kier alpha value is -3.76. The highest BCUT2D eigenvalue weighted by Gasteiger charge is 2.24. The van der Waals surface area contributed by atoms with Crippen molar-refractivity contribution in [1.29, 1.82) is 0 Å². The van der Waals surface area contributed by atoms with Crippen molar-refractivity contribution in [3.63, 3.8) is 0 Å². The van der Waals surface area contributed by atoms with Gasteiger partial charge in [0, 0.05) is 16.1 Å². The summed E-state index contributed by atoms with van der Waals surface area (Å²) in [6.45, 7) is 0. The summed E-state index contributed by atoms with van der Waals surface area (Å²) in [5, 5.41) is 20.0. The SMILES string of the molecule is Nc1nonc1-n1nnc(C(=O)N/N=C\c2ccc(Cl)cc2Cl)c1-c1ccccc1. The first-order valence-electron chi connectivity index (χ1n) is 8.42. The Labute approximate surface area is 179 Å². The topological polar surface area (TPSA) is 137 Å². The minimum atomic E-state index is -0.600. The van der Waals surface area contributed by atoms with Gasteiger partial charge in [0.2, 0.25) is 11.6 Å². The summed E-state index contributed by atoms with van der Waals surface area (Å²) in [7, 11) is 0. The molecule has 2 aromatic heterocycles. The van der Waals surface area contributed by atoms with Crippen LogP contribution in [0, 0.1) is 0 Å². The second-order valence-electron chi connectivity index (χ2n) is 5.90. The second kappa shape index (κ2) is 8.31. The number of benzene rings is 2. The molecule has 2 aromatic carbocycles. The minimum absolute atomic E-state index is 0.000518. The second-order valence-corrected chi connectivity index (χ2v) is 6.75. The van der Waals surface area contributed by atoms with Crippen LogP contribution in [-0.4, -0.2) is 37.4 Å². The highest BCUT2D eigenvalue weighted by atomic mass is 35.5. The van der Waals surface area contributed by atoms with Crippen molar-refractivity contribution in [2.24, 2.45) is 5.10 Å². The number of aromatic nitrogens is 5. The average Bonchev–Trinajstić information content (AvgIpc) is 3.36. The number of rotatable bonds is 5. The number of halogens is 2. The van der Waals surface area contributed by atoms with Crippen molar-refractivity contribution in [3.05, 3.63) is 69.8 Å². The molecule has 0 spiro atoms. The Kier molecular flexibility index (Phi) is 5.42. The normalized spacial score (nSPS) is 11.1. The molecule has 0 atom stereocenters. The first-order valence-corrected chi connectivity index (χ1v) is 9.18. The van der Waals surface area contributed by atoms with E-state index in [1.165, 1.54) is 10.9 Å². The summed E-state index contributed by atoms with van der Waals surface area (Å²) in [5.41, 5.74) is 9.75. The summed E-state index contributed by atoms with van der Waals surface area (Å²) in [4.78, 5) is 12.8. The molecule has 0 unspecified atom stereocenters. The molecule has 0 saturated heterocycles.